The number of hydrogen-bond donors (Lipinski definition) is 5. The highest BCUT2D eigenvalue weighted by Crippen LogP contribution is 2.38. The standard InChI is InChI=1S/C24H17N5.C21H15BrN4/c25-12-20-14-27-15-22(17-3-1-2-16(10-17)19-6-8-26-13-19)24(20)29-21-4-5-23-18(11-21)7-9-28-23;1-13-8-16(9-14-6-7-25-20(13)14)26-21-15(10-23)11-24-12-18(21)17-4-2-3-5-19(17)22/h1-11,13-15,26,28H,(H,27,29);2-9,11-12,25H,1H3,(H,24,26). The van der Waals surface area contributed by atoms with E-state index in [-0.39, 0.29) is 0 Å². The van der Waals surface area contributed by atoms with Gasteiger partial charge in [0.25, 0.3) is 0 Å². The first-order valence-corrected chi connectivity index (χ1v) is 18.2. The third-order valence-electron chi connectivity index (χ3n) is 9.35. The molecule has 0 aliphatic rings. The first-order valence-electron chi connectivity index (χ1n) is 17.4. The molecule has 264 valence electrons. The van der Waals surface area contributed by atoms with Gasteiger partial charge in [-0.3, -0.25) is 9.97 Å². The third-order valence-corrected chi connectivity index (χ3v) is 10.0. The van der Waals surface area contributed by atoms with E-state index in [0.717, 1.165) is 88.0 Å². The largest absolute Gasteiger partial charge is 0.367 e. The fourth-order valence-electron chi connectivity index (χ4n) is 6.68. The molecule has 0 fully saturated rings. The summed E-state index contributed by atoms with van der Waals surface area (Å²) in [5.74, 6) is 0. The zero-order chi connectivity index (χ0) is 37.7. The summed E-state index contributed by atoms with van der Waals surface area (Å²) in [6.07, 6.45) is 14.5. The lowest BCUT2D eigenvalue weighted by Crippen LogP contribution is -1.99. The fourth-order valence-corrected chi connectivity index (χ4v) is 7.18. The van der Waals surface area contributed by atoms with E-state index in [0.29, 0.717) is 11.1 Å². The Labute approximate surface area is 325 Å². The quantitative estimate of drug-likeness (QED) is 0.109. The molecule has 0 saturated heterocycles. The highest BCUT2D eigenvalue weighted by Gasteiger charge is 2.15. The van der Waals surface area contributed by atoms with Crippen LogP contribution in [0.4, 0.5) is 22.7 Å². The predicted octanol–water partition coefficient (Wildman–Crippen LogP) is 11.8. The Balaban J connectivity index is 0.000000156. The molecule has 4 aromatic carbocycles. The molecule has 0 aliphatic carbocycles. The van der Waals surface area contributed by atoms with E-state index < -0.39 is 0 Å². The molecular formula is C45H32BrN9. The molecule has 5 N–H and O–H groups in total. The van der Waals surface area contributed by atoms with Crippen LogP contribution in [-0.2, 0) is 0 Å². The first kappa shape index (κ1) is 34.7. The second kappa shape index (κ2) is 15.3. The van der Waals surface area contributed by atoms with Gasteiger partial charge in [-0.2, -0.15) is 10.5 Å². The molecule has 0 unspecified atom stereocenters. The Morgan fingerprint density at radius 3 is 2.09 bits per heavy atom. The molecule has 0 aliphatic heterocycles. The van der Waals surface area contributed by atoms with Crippen LogP contribution in [0.2, 0.25) is 0 Å². The normalized spacial score (nSPS) is 10.7. The molecule has 0 amide bonds. The van der Waals surface area contributed by atoms with Gasteiger partial charge < -0.3 is 25.6 Å². The number of halogens is 1. The number of anilines is 4. The molecular weight excluding hydrogens is 746 g/mol. The molecule has 5 aromatic heterocycles. The maximum absolute atomic E-state index is 9.67. The summed E-state index contributed by atoms with van der Waals surface area (Å²) in [6, 6.07) is 37.0. The number of benzene rings is 4. The fraction of sp³-hybridized carbons (Fsp3) is 0.0222. The van der Waals surface area contributed by atoms with E-state index in [1.165, 1.54) is 0 Å². The highest BCUT2D eigenvalue weighted by atomic mass is 79.9. The van der Waals surface area contributed by atoms with Gasteiger partial charge in [0.15, 0.2) is 0 Å². The average Bonchev–Trinajstić information content (AvgIpc) is 4.02. The van der Waals surface area contributed by atoms with Crippen LogP contribution in [0.1, 0.15) is 16.7 Å². The Morgan fingerprint density at radius 1 is 0.600 bits per heavy atom. The summed E-state index contributed by atoms with van der Waals surface area (Å²) in [6.45, 7) is 2.07. The number of aromatic nitrogens is 5. The van der Waals surface area contributed by atoms with Crippen molar-refractivity contribution in [1.29, 1.82) is 10.5 Å². The summed E-state index contributed by atoms with van der Waals surface area (Å²) < 4.78 is 0.956. The zero-order valence-electron chi connectivity index (χ0n) is 29.5. The average molecular weight is 779 g/mol. The SMILES string of the molecule is Cc1cc(Nc2c(C#N)cncc2-c2ccccc2Br)cc2cc[nH]c12.N#Cc1cncc(-c2cccc(-c3cc[nH]c3)c2)c1Nc1ccc2[nH]ccc2c1. The van der Waals surface area contributed by atoms with Crippen molar-refractivity contribution >= 4 is 60.5 Å². The summed E-state index contributed by atoms with van der Waals surface area (Å²) in [5.41, 5.74) is 13.7. The van der Waals surface area contributed by atoms with Gasteiger partial charge in [-0.05, 0) is 95.4 Å². The number of pyridine rings is 2. The zero-order valence-corrected chi connectivity index (χ0v) is 31.1. The molecule has 55 heavy (non-hydrogen) atoms. The van der Waals surface area contributed by atoms with E-state index in [9.17, 15) is 10.5 Å². The number of aromatic amines is 3. The lowest BCUT2D eigenvalue weighted by molar-refractivity contribution is 1.29. The topological polar surface area (TPSA) is 145 Å². The number of nitriles is 2. The summed E-state index contributed by atoms with van der Waals surface area (Å²) in [5, 5.41) is 28.4. The summed E-state index contributed by atoms with van der Waals surface area (Å²) in [7, 11) is 0. The summed E-state index contributed by atoms with van der Waals surface area (Å²) >= 11 is 3.60. The minimum Gasteiger partial charge on any atom is -0.367 e. The Hall–Kier alpha value is -7.40. The van der Waals surface area contributed by atoms with Crippen molar-refractivity contribution < 1.29 is 0 Å². The first-order chi connectivity index (χ1) is 27.0. The van der Waals surface area contributed by atoms with Crippen molar-refractivity contribution in [1.82, 2.24) is 24.9 Å². The minimum atomic E-state index is 0.503. The summed E-state index contributed by atoms with van der Waals surface area (Å²) in [4.78, 5) is 18.1. The van der Waals surface area contributed by atoms with Crippen molar-refractivity contribution in [3.63, 3.8) is 0 Å². The van der Waals surface area contributed by atoms with Gasteiger partial charge in [0.1, 0.15) is 12.1 Å². The van der Waals surface area contributed by atoms with E-state index in [2.05, 4.69) is 101 Å². The van der Waals surface area contributed by atoms with E-state index >= 15 is 0 Å². The molecule has 0 spiro atoms. The molecule has 9 nitrogen and oxygen atoms in total. The molecule has 0 bridgehead atoms. The van der Waals surface area contributed by atoms with Crippen LogP contribution in [0, 0.1) is 29.6 Å². The van der Waals surface area contributed by atoms with Gasteiger partial charge in [0.05, 0.1) is 22.5 Å². The second-order valence-corrected chi connectivity index (χ2v) is 13.7. The van der Waals surface area contributed by atoms with Crippen LogP contribution >= 0.6 is 15.9 Å². The Bertz CT molecular complexity index is 2890. The van der Waals surface area contributed by atoms with Crippen LogP contribution in [0.25, 0.3) is 55.2 Å². The van der Waals surface area contributed by atoms with Gasteiger partial charge in [-0.15, -0.1) is 0 Å². The van der Waals surface area contributed by atoms with Gasteiger partial charge >= 0.3 is 0 Å². The molecule has 9 rings (SSSR count). The van der Waals surface area contributed by atoms with Crippen molar-refractivity contribution in [2.24, 2.45) is 0 Å². The van der Waals surface area contributed by atoms with Crippen LogP contribution in [-0.4, -0.2) is 24.9 Å². The third kappa shape index (κ3) is 7.18. The van der Waals surface area contributed by atoms with Gasteiger partial charge in [-0.25, -0.2) is 0 Å². The van der Waals surface area contributed by atoms with Crippen molar-refractivity contribution in [2.45, 2.75) is 6.92 Å². The molecule has 9 aromatic rings. The molecule has 10 heteroatoms. The van der Waals surface area contributed by atoms with E-state index in [1.807, 2.05) is 91.5 Å². The van der Waals surface area contributed by atoms with Crippen molar-refractivity contribution in [3.8, 4) is 45.5 Å². The number of fused-ring (bicyclic) bond motifs is 2. The van der Waals surface area contributed by atoms with Crippen LogP contribution in [0.15, 0.2) is 151 Å². The molecule has 0 saturated carbocycles. The lowest BCUT2D eigenvalue weighted by atomic mass is 9.99. The number of rotatable bonds is 7. The second-order valence-electron chi connectivity index (χ2n) is 12.9. The highest BCUT2D eigenvalue weighted by molar-refractivity contribution is 9.10. The van der Waals surface area contributed by atoms with Gasteiger partial charge in [0, 0.05) is 98.4 Å². The van der Waals surface area contributed by atoms with Crippen LogP contribution < -0.4 is 10.6 Å². The monoisotopic (exact) mass is 777 g/mol. The molecule has 0 atom stereocenters. The van der Waals surface area contributed by atoms with E-state index in [1.54, 1.807) is 24.8 Å². The minimum absolute atomic E-state index is 0.503. The van der Waals surface area contributed by atoms with E-state index in [4.69, 9.17) is 0 Å². The maximum atomic E-state index is 9.67. The molecule has 0 radical (unpaired) electrons. The van der Waals surface area contributed by atoms with Crippen molar-refractivity contribution in [3.05, 3.63) is 168 Å². The van der Waals surface area contributed by atoms with Crippen LogP contribution in [0.5, 0.6) is 0 Å². The number of hydrogen-bond acceptors (Lipinski definition) is 6. The Kier molecular flexibility index (Phi) is 9.64. The Morgan fingerprint density at radius 2 is 1.31 bits per heavy atom. The molecule has 5 heterocycles. The smallest absolute Gasteiger partial charge is 0.103 e. The van der Waals surface area contributed by atoms with Crippen LogP contribution in [0.3, 0.4) is 0 Å². The van der Waals surface area contributed by atoms with Gasteiger partial charge in [0.2, 0.25) is 0 Å². The lowest BCUT2D eigenvalue weighted by Gasteiger charge is -2.15. The maximum Gasteiger partial charge on any atom is 0.103 e. The number of H-pyrrole nitrogens is 3. The number of aryl methyl sites for hydroxylation is 1. The number of nitrogens with zero attached hydrogens (tertiary/aromatic N) is 4. The number of nitrogens with one attached hydrogen (secondary N) is 5. The van der Waals surface area contributed by atoms with Gasteiger partial charge in [-0.1, -0.05) is 52.3 Å². The predicted molar refractivity (Wildman–Crippen MR) is 224 cm³/mol. The van der Waals surface area contributed by atoms with Crippen molar-refractivity contribution in [2.75, 3.05) is 10.6 Å².